The molecule has 0 spiro atoms. The van der Waals surface area contributed by atoms with Crippen molar-refractivity contribution in [1.82, 2.24) is 5.32 Å². The highest BCUT2D eigenvalue weighted by Crippen LogP contribution is 2.22. The summed E-state index contributed by atoms with van der Waals surface area (Å²) < 4.78 is 4.90. The van der Waals surface area contributed by atoms with E-state index in [0.29, 0.717) is 12.0 Å². The van der Waals surface area contributed by atoms with Crippen molar-refractivity contribution in [2.45, 2.75) is 39.0 Å². The summed E-state index contributed by atoms with van der Waals surface area (Å²) in [4.78, 5) is 36.6. The summed E-state index contributed by atoms with van der Waals surface area (Å²) in [5.74, 6) is -1.61. The summed E-state index contributed by atoms with van der Waals surface area (Å²) in [6.45, 7) is 5.78. The van der Waals surface area contributed by atoms with Gasteiger partial charge in [-0.2, -0.15) is 0 Å². The van der Waals surface area contributed by atoms with Crippen molar-refractivity contribution in [3.8, 4) is 0 Å². The minimum absolute atomic E-state index is 0.0118. The number of thiophene rings is 1. The molecule has 1 aromatic carbocycles. The number of amides is 2. The molecule has 0 bridgehead atoms. The van der Waals surface area contributed by atoms with Crippen LogP contribution in [0.2, 0.25) is 0 Å². The minimum atomic E-state index is -0.639. The number of ether oxygens (including phenoxy) is 1. The largest absolute Gasteiger partial charge is 0.456 e. The number of carbonyl (C=O) groups is 3. The highest BCUT2D eigenvalue weighted by atomic mass is 32.1. The van der Waals surface area contributed by atoms with E-state index >= 15 is 0 Å². The molecule has 2 rings (SSSR count). The molecule has 6 heteroatoms. The zero-order valence-electron chi connectivity index (χ0n) is 15.2. The molecular weight excluding hydrogens is 350 g/mol. The maximum absolute atomic E-state index is 12.1. The molecule has 2 amide bonds. The van der Waals surface area contributed by atoms with Crippen LogP contribution in [0.5, 0.6) is 0 Å². The number of hydrogen-bond donors (Lipinski definition) is 1. The second-order valence-corrected chi connectivity index (χ2v) is 7.98. The maximum atomic E-state index is 12.1. The first-order valence-electron chi connectivity index (χ1n) is 8.38. The molecule has 138 valence electrons. The second-order valence-electron chi connectivity index (χ2n) is 6.94. The highest BCUT2D eigenvalue weighted by molar-refractivity contribution is 7.09. The lowest BCUT2D eigenvalue weighted by Crippen LogP contribution is -2.34. The molecule has 0 radical (unpaired) electrons. The van der Waals surface area contributed by atoms with Gasteiger partial charge < -0.3 is 4.74 Å². The molecule has 0 unspecified atom stereocenters. The maximum Gasteiger partial charge on any atom is 0.306 e. The Morgan fingerprint density at radius 1 is 1.08 bits per heavy atom. The molecule has 1 N–H and O–H groups in total. The predicted octanol–water partition coefficient (Wildman–Crippen LogP) is 3.48. The van der Waals surface area contributed by atoms with Crippen LogP contribution in [0, 0.1) is 0 Å². The van der Waals surface area contributed by atoms with Crippen LogP contribution in [0.25, 0.3) is 0 Å². The molecule has 0 saturated heterocycles. The van der Waals surface area contributed by atoms with Crippen molar-refractivity contribution in [1.29, 1.82) is 0 Å². The fraction of sp³-hybridized carbons (Fsp3) is 0.350. The van der Waals surface area contributed by atoms with Crippen LogP contribution in [0.3, 0.4) is 0 Å². The van der Waals surface area contributed by atoms with Crippen LogP contribution < -0.4 is 5.32 Å². The molecule has 0 fully saturated rings. The highest BCUT2D eigenvalue weighted by Gasteiger charge is 2.16. The van der Waals surface area contributed by atoms with E-state index < -0.39 is 24.4 Å². The number of rotatable bonds is 6. The third-order valence-corrected chi connectivity index (χ3v) is 4.72. The van der Waals surface area contributed by atoms with Crippen LogP contribution in [0.4, 0.5) is 0 Å². The van der Waals surface area contributed by atoms with Gasteiger partial charge in [0.25, 0.3) is 11.8 Å². The lowest BCUT2D eigenvalue weighted by atomic mass is 9.87. The van der Waals surface area contributed by atoms with E-state index in [-0.39, 0.29) is 11.8 Å². The van der Waals surface area contributed by atoms with Gasteiger partial charge in [0, 0.05) is 10.4 Å². The number of benzene rings is 1. The molecule has 0 saturated carbocycles. The summed E-state index contributed by atoms with van der Waals surface area (Å²) >= 11 is 1.57. The van der Waals surface area contributed by atoms with Gasteiger partial charge in [0.2, 0.25) is 0 Å². The Labute approximate surface area is 157 Å². The fourth-order valence-corrected chi connectivity index (χ4v) is 2.96. The van der Waals surface area contributed by atoms with E-state index in [1.165, 1.54) is 0 Å². The number of aryl methyl sites for hydroxylation is 1. The quantitative estimate of drug-likeness (QED) is 0.787. The number of imide groups is 1. The number of hydrogen-bond acceptors (Lipinski definition) is 5. The van der Waals surface area contributed by atoms with Crippen molar-refractivity contribution < 1.29 is 19.1 Å². The van der Waals surface area contributed by atoms with E-state index in [9.17, 15) is 14.4 Å². The Balaban J connectivity index is 1.76. The molecule has 5 nitrogen and oxygen atoms in total. The van der Waals surface area contributed by atoms with Crippen molar-refractivity contribution in [3.63, 3.8) is 0 Å². The second kappa shape index (κ2) is 8.76. The first-order valence-corrected chi connectivity index (χ1v) is 9.26. The van der Waals surface area contributed by atoms with Crippen LogP contribution in [0.15, 0.2) is 41.8 Å². The number of carbonyl (C=O) groups excluding carboxylic acids is 3. The van der Waals surface area contributed by atoms with E-state index in [2.05, 4.69) is 26.1 Å². The van der Waals surface area contributed by atoms with Crippen molar-refractivity contribution in [2.24, 2.45) is 0 Å². The molecule has 0 aliphatic rings. The van der Waals surface area contributed by atoms with Gasteiger partial charge in [0.15, 0.2) is 6.61 Å². The Kier molecular flexibility index (Phi) is 6.69. The van der Waals surface area contributed by atoms with Crippen molar-refractivity contribution in [3.05, 3.63) is 57.8 Å². The van der Waals surface area contributed by atoms with Gasteiger partial charge in [-0.15, -0.1) is 11.3 Å². The summed E-state index contributed by atoms with van der Waals surface area (Å²) in [5.41, 5.74) is 1.47. The van der Waals surface area contributed by atoms with Gasteiger partial charge in [-0.1, -0.05) is 39.0 Å². The summed E-state index contributed by atoms with van der Waals surface area (Å²) in [7, 11) is 0. The van der Waals surface area contributed by atoms with Crippen LogP contribution in [-0.4, -0.2) is 24.4 Å². The molecule has 2 aromatic rings. The average Bonchev–Trinajstić information content (AvgIpc) is 3.11. The molecule has 1 aromatic heterocycles. The lowest BCUT2D eigenvalue weighted by molar-refractivity contribution is -0.148. The number of nitrogens with one attached hydrogen (secondary N) is 1. The third-order valence-electron chi connectivity index (χ3n) is 3.79. The molecule has 0 atom stereocenters. The topological polar surface area (TPSA) is 72.5 Å². The minimum Gasteiger partial charge on any atom is -0.456 e. The van der Waals surface area contributed by atoms with Gasteiger partial charge in [-0.25, -0.2) is 0 Å². The molecule has 26 heavy (non-hydrogen) atoms. The van der Waals surface area contributed by atoms with E-state index in [1.807, 2.05) is 29.6 Å². The van der Waals surface area contributed by atoms with Gasteiger partial charge in [0.1, 0.15) is 0 Å². The van der Waals surface area contributed by atoms with E-state index in [0.717, 1.165) is 10.4 Å². The number of esters is 1. The Hall–Kier alpha value is -2.47. The van der Waals surface area contributed by atoms with Gasteiger partial charge in [-0.3, -0.25) is 19.7 Å². The van der Waals surface area contributed by atoms with Gasteiger partial charge in [0.05, 0.1) is 6.42 Å². The first-order chi connectivity index (χ1) is 12.3. The standard InChI is InChI=1S/C20H23NO4S/c1-20(2,3)15-8-6-14(7-9-15)19(24)21-17(22)13-25-18(23)11-10-16-5-4-12-26-16/h4-9,12H,10-11,13H2,1-3H3,(H,21,22,24). The van der Waals surface area contributed by atoms with E-state index in [4.69, 9.17) is 4.74 Å². The monoisotopic (exact) mass is 373 g/mol. The normalized spacial score (nSPS) is 11.0. The molecule has 1 heterocycles. The Bertz CT molecular complexity index is 758. The zero-order valence-corrected chi connectivity index (χ0v) is 16.0. The predicted molar refractivity (Wildman–Crippen MR) is 101 cm³/mol. The van der Waals surface area contributed by atoms with Gasteiger partial charge >= 0.3 is 5.97 Å². The van der Waals surface area contributed by atoms with Crippen LogP contribution in [0.1, 0.15) is 48.0 Å². The zero-order chi connectivity index (χ0) is 19.2. The molecular formula is C20H23NO4S. The van der Waals surface area contributed by atoms with Crippen LogP contribution in [-0.2, 0) is 26.2 Å². The van der Waals surface area contributed by atoms with Crippen molar-refractivity contribution >= 4 is 29.1 Å². The molecule has 0 aliphatic heterocycles. The molecule has 0 aliphatic carbocycles. The summed E-state index contributed by atoms with van der Waals surface area (Å²) in [5, 5.41) is 4.16. The Morgan fingerprint density at radius 3 is 2.35 bits per heavy atom. The van der Waals surface area contributed by atoms with Crippen LogP contribution >= 0.6 is 11.3 Å². The SMILES string of the molecule is CC(C)(C)c1ccc(C(=O)NC(=O)COC(=O)CCc2cccs2)cc1. The smallest absolute Gasteiger partial charge is 0.306 e. The van der Waals surface area contributed by atoms with Gasteiger partial charge in [-0.05, 0) is 41.0 Å². The third kappa shape index (κ3) is 6.11. The lowest BCUT2D eigenvalue weighted by Gasteiger charge is -2.18. The Morgan fingerprint density at radius 2 is 1.77 bits per heavy atom. The first kappa shape index (κ1) is 19.8. The fourth-order valence-electron chi connectivity index (χ4n) is 2.25. The average molecular weight is 373 g/mol. The summed E-state index contributed by atoms with van der Waals surface area (Å²) in [6, 6.07) is 10.9. The van der Waals surface area contributed by atoms with Crippen molar-refractivity contribution in [2.75, 3.05) is 6.61 Å². The van der Waals surface area contributed by atoms with E-state index in [1.54, 1.807) is 23.5 Å². The summed E-state index contributed by atoms with van der Waals surface area (Å²) in [6.07, 6.45) is 0.785.